The minimum Gasteiger partial charge on any atom is -0.380 e. The molecule has 206 valence electrons. The van der Waals surface area contributed by atoms with Crippen molar-refractivity contribution in [1.29, 1.82) is 0 Å². The lowest BCUT2D eigenvalue weighted by molar-refractivity contribution is -0.288. The number of hydrogen-bond acceptors (Lipinski definition) is 4. The Morgan fingerprint density at radius 3 is 2.35 bits per heavy atom. The molecule has 37 heavy (non-hydrogen) atoms. The molecule has 4 nitrogen and oxygen atoms in total. The van der Waals surface area contributed by atoms with Crippen molar-refractivity contribution < 1.29 is 31.5 Å². The molecule has 9 atom stereocenters. The number of halogens is 3. The lowest BCUT2D eigenvalue weighted by atomic mass is 9.43. The van der Waals surface area contributed by atoms with Gasteiger partial charge in [-0.3, -0.25) is 4.79 Å². The first kappa shape index (κ1) is 27.2. The van der Waals surface area contributed by atoms with E-state index in [9.17, 15) is 31.5 Å². The molecule has 0 bridgehead atoms. The van der Waals surface area contributed by atoms with E-state index in [1.807, 2.05) is 13.8 Å². The average Bonchev–Trinajstić information content (AvgIpc) is 3.15. The van der Waals surface area contributed by atoms with Crippen LogP contribution in [0.2, 0.25) is 0 Å². The van der Waals surface area contributed by atoms with Crippen LogP contribution in [-0.4, -0.2) is 36.8 Å². The minimum atomic E-state index is -4.66. The monoisotopic (exact) mass is 540 g/mol. The number of fused-ring (bicyclic) bond motifs is 5. The van der Waals surface area contributed by atoms with Gasteiger partial charge in [0, 0.05) is 12.3 Å². The van der Waals surface area contributed by atoms with Crippen LogP contribution in [0.4, 0.5) is 13.2 Å². The van der Waals surface area contributed by atoms with Gasteiger partial charge in [0.2, 0.25) is 0 Å². The van der Waals surface area contributed by atoms with Gasteiger partial charge < -0.3 is 5.11 Å². The summed E-state index contributed by atoms with van der Waals surface area (Å²) in [6, 6.07) is 8.49. The zero-order valence-electron chi connectivity index (χ0n) is 21.9. The number of carbonyl (C=O) groups is 1. The van der Waals surface area contributed by atoms with Crippen molar-refractivity contribution in [2.24, 2.45) is 46.3 Å². The molecule has 4 aliphatic carbocycles. The van der Waals surface area contributed by atoms with E-state index in [0.717, 1.165) is 12.8 Å². The molecule has 0 saturated heterocycles. The summed E-state index contributed by atoms with van der Waals surface area (Å²) in [5.41, 5.74) is -3.48. The van der Waals surface area contributed by atoms with E-state index in [1.165, 1.54) is 0 Å². The molecule has 4 fully saturated rings. The molecule has 1 N–H and O–H groups in total. The molecule has 0 spiro atoms. The largest absolute Gasteiger partial charge is 0.417 e. The molecule has 0 aromatic heterocycles. The molecule has 0 radical (unpaired) electrons. The van der Waals surface area contributed by atoms with Crippen molar-refractivity contribution in [3.63, 3.8) is 0 Å². The van der Waals surface area contributed by atoms with E-state index < -0.39 is 27.0 Å². The van der Waals surface area contributed by atoms with Gasteiger partial charge in [-0.1, -0.05) is 39.0 Å². The second-order valence-corrected chi connectivity index (χ2v) is 15.2. The molecular formula is C29H39F3O4S. The summed E-state index contributed by atoms with van der Waals surface area (Å²) in [5, 5.41) is 10.4. The van der Waals surface area contributed by atoms with Gasteiger partial charge in [-0.05, 0) is 97.5 Å². The Labute approximate surface area is 218 Å². The summed E-state index contributed by atoms with van der Waals surface area (Å²) >= 11 is 0. The van der Waals surface area contributed by atoms with E-state index in [1.54, 1.807) is 30.3 Å². The van der Waals surface area contributed by atoms with E-state index in [0.29, 0.717) is 24.2 Å². The molecule has 4 aliphatic rings. The van der Waals surface area contributed by atoms with Crippen molar-refractivity contribution >= 4 is 15.6 Å². The molecule has 0 aliphatic heterocycles. The molecule has 0 unspecified atom stereocenters. The molecule has 0 amide bonds. The summed E-state index contributed by atoms with van der Waals surface area (Å²) in [4.78, 5) is 14.2. The van der Waals surface area contributed by atoms with Crippen LogP contribution in [0.5, 0.6) is 0 Å². The van der Waals surface area contributed by atoms with E-state index in [2.05, 4.69) is 6.92 Å². The highest BCUT2D eigenvalue weighted by molar-refractivity contribution is 7.91. The smallest absolute Gasteiger partial charge is 0.380 e. The molecular weight excluding hydrogens is 501 g/mol. The molecule has 1 aromatic carbocycles. The quantitative estimate of drug-likeness (QED) is 0.492. The SMILES string of the molecule is C[C@H](CS(=O)(=O)c1ccccc1)[C@H]1CC[C@H]2[C@@H]3CC[C@@H]4C[C@](O)(C(F)(F)F)CC[C@]4(C)[C@H]3C(=O)C[C@]12C. The fourth-order valence-electron chi connectivity index (χ4n) is 9.48. The number of ketones is 1. The van der Waals surface area contributed by atoms with E-state index >= 15 is 0 Å². The molecule has 8 heteroatoms. The highest BCUT2D eigenvalue weighted by atomic mass is 32.2. The number of aliphatic hydroxyl groups is 1. The fourth-order valence-corrected chi connectivity index (χ4v) is 11.2. The summed E-state index contributed by atoms with van der Waals surface area (Å²) in [7, 11) is -3.45. The maximum Gasteiger partial charge on any atom is 0.417 e. The zero-order valence-corrected chi connectivity index (χ0v) is 22.7. The number of rotatable bonds is 4. The number of Topliss-reactive ketones (excluding diaryl/α,β-unsaturated/α-hetero) is 1. The van der Waals surface area contributed by atoms with Crippen LogP contribution in [0.1, 0.15) is 72.1 Å². The Balaban J connectivity index is 1.37. The van der Waals surface area contributed by atoms with Crippen molar-refractivity contribution in [3.8, 4) is 0 Å². The van der Waals surface area contributed by atoms with Crippen LogP contribution in [0, 0.1) is 46.3 Å². The number of hydrogen-bond donors (Lipinski definition) is 1. The average molecular weight is 541 g/mol. The first-order chi connectivity index (χ1) is 17.1. The number of carbonyl (C=O) groups excluding carboxylic acids is 1. The van der Waals surface area contributed by atoms with E-state index in [4.69, 9.17) is 0 Å². The first-order valence-electron chi connectivity index (χ1n) is 13.7. The van der Waals surface area contributed by atoms with Crippen LogP contribution >= 0.6 is 0 Å². The van der Waals surface area contributed by atoms with Crippen LogP contribution in [0.3, 0.4) is 0 Å². The van der Waals surface area contributed by atoms with Crippen molar-refractivity contribution in [2.75, 3.05) is 5.75 Å². The second-order valence-electron chi connectivity index (χ2n) is 13.2. The second kappa shape index (κ2) is 8.80. The number of sulfone groups is 1. The maximum absolute atomic E-state index is 13.9. The van der Waals surface area contributed by atoms with E-state index in [-0.39, 0.29) is 71.7 Å². The van der Waals surface area contributed by atoms with Gasteiger partial charge in [0.05, 0.1) is 10.6 Å². The Hall–Kier alpha value is -1.41. The Bertz CT molecular complexity index is 1150. The lowest BCUT2D eigenvalue weighted by Gasteiger charge is -2.61. The van der Waals surface area contributed by atoms with Gasteiger partial charge in [0.1, 0.15) is 5.78 Å². The van der Waals surface area contributed by atoms with Gasteiger partial charge in [0.25, 0.3) is 0 Å². The zero-order chi connectivity index (χ0) is 27.0. The van der Waals surface area contributed by atoms with Crippen LogP contribution in [-0.2, 0) is 14.6 Å². The summed E-state index contributed by atoms with van der Waals surface area (Å²) in [5.74, 6) is -0.0312. The van der Waals surface area contributed by atoms with Crippen LogP contribution in [0.25, 0.3) is 0 Å². The number of alkyl halides is 3. The van der Waals surface area contributed by atoms with Crippen molar-refractivity contribution in [1.82, 2.24) is 0 Å². The van der Waals surface area contributed by atoms with Crippen molar-refractivity contribution in [3.05, 3.63) is 30.3 Å². The summed E-state index contributed by atoms with van der Waals surface area (Å²) in [6.45, 7) is 6.14. The fraction of sp³-hybridized carbons (Fsp3) is 0.759. The predicted octanol–water partition coefficient (Wildman–Crippen LogP) is 6.23. The van der Waals surface area contributed by atoms with Gasteiger partial charge in [-0.2, -0.15) is 13.2 Å². The molecule has 0 heterocycles. The molecule has 5 rings (SSSR count). The topological polar surface area (TPSA) is 71.4 Å². The maximum atomic E-state index is 13.9. The van der Waals surface area contributed by atoms with Crippen LogP contribution in [0.15, 0.2) is 35.2 Å². The standard InChI is InChI=1S/C29H39F3O4S/c1-18(17-37(35,36)20-7-5-4-6-8-20)22-11-12-23-21-10-9-19-15-28(34,29(30,31)32)14-13-26(19,2)25(21)24(33)16-27(22,23)3/h4-8,18-19,21-23,25,34H,9-17H2,1-3H3/t18-,19-,21+,22-,23+,25-,26+,27-,28+/m1/s1. The third-order valence-corrected chi connectivity index (χ3v) is 13.2. The Morgan fingerprint density at radius 1 is 1.03 bits per heavy atom. The first-order valence-corrected chi connectivity index (χ1v) is 15.4. The Morgan fingerprint density at radius 2 is 1.70 bits per heavy atom. The Kier molecular flexibility index (Phi) is 6.46. The predicted molar refractivity (Wildman–Crippen MR) is 134 cm³/mol. The normalized spacial score (nSPS) is 43.0. The van der Waals surface area contributed by atoms with Crippen molar-refractivity contribution in [2.45, 2.75) is 88.8 Å². The van der Waals surface area contributed by atoms with Gasteiger partial charge >= 0.3 is 6.18 Å². The third kappa shape index (κ3) is 4.19. The molecule has 1 aromatic rings. The third-order valence-electron chi connectivity index (χ3n) is 11.3. The lowest BCUT2D eigenvalue weighted by Crippen LogP contribution is -2.61. The minimum absolute atomic E-state index is 0.0437. The van der Waals surface area contributed by atoms with Gasteiger partial charge in [-0.15, -0.1) is 0 Å². The molecule has 4 saturated carbocycles. The van der Waals surface area contributed by atoms with Crippen LogP contribution < -0.4 is 0 Å². The highest BCUT2D eigenvalue weighted by Crippen LogP contribution is 2.68. The summed E-state index contributed by atoms with van der Waals surface area (Å²) < 4.78 is 67.1. The summed E-state index contributed by atoms with van der Waals surface area (Å²) in [6.07, 6.45) is -1.65. The van der Waals surface area contributed by atoms with Gasteiger partial charge in [-0.25, -0.2) is 8.42 Å². The number of benzene rings is 1. The van der Waals surface area contributed by atoms with Gasteiger partial charge in [0.15, 0.2) is 15.4 Å². The highest BCUT2D eigenvalue weighted by Gasteiger charge is 2.67.